The lowest BCUT2D eigenvalue weighted by Gasteiger charge is -2.01. The Hall–Kier alpha value is -1.61. The third kappa shape index (κ3) is 3.17. The first-order chi connectivity index (χ1) is 8.29. The van der Waals surface area contributed by atoms with E-state index >= 15 is 0 Å². The largest absolute Gasteiger partial charge is 0.309 e. The molecule has 2 nitrogen and oxygen atoms in total. The number of nitrogens with zero attached hydrogens (tertiary/aromatic N) is 2. The van der Waals surface area contributed by atoms with Crippen molar-refractivity contribution in [3.63, 3.8) is 0 Å². The van der Waals surface area contributed by atoms with Crippen molar-refractivity contribution in [2.75, 3.05) is 0 Å². The minimum absolute atomic E-state index is 0.672. The van der Waals surface area contributed by atoms with Crippen molar-refractivity contribution in [2.45, 2.75) is 6.54 Å². The van der Waals surface area contributed by atoms with Crippen LogP contribution >= 0.6 is 15.9 Å². The molecule has 0 bridgehead atoms. The summed E-state index contributed by atoms with van der Waals surface area (Å²) < 4.78 is 2.91. The molecule has 1 aromatic carbocycles. The number of halogens is 1. The Morgan fingerprint density at radius 3 is 2.71 bits per heavy atom. The van der Waals surface area contributed by atoms with Crippen LogP contribution in [0, 0.1) is 0 Å². The van der Waals surface area contributed by atoms with Gasteiger partial charge in [0.1, 0.15) is 5.49 Å². The van der Waals surface area contributed by atoms with Crippen LogP contribution in [0.1, 0.15) is 5.56 Å². The second-order valence-corrected chi connectivity index (χ2v) is 4.51. The average molecular weight is 289 g/mol. The fourth-order valence-corrected chi connectivity index (χ4v) is 1.83. The van der Waals surface area contributed by atoms with Gasteiger partial charge in [-0.25, -0.2) is 0 Å². The van der Waals surface area contributed by atoms with E-state index in [0.717, 1.165) is 9.96 Å². The quantitative estimate of drug-likeness (QED) is 0.823. The van der Waals surface area contributed by atoms with Crippen molar-refractivity contribution >= 4 is 22.1 Å². The maximum atomic E-state index is 4.57. The van der Waals surface area contributed by atoms with Gasteiger partial charge in [-0.05, 0) is 17.7 Å². The molecular weight excluding hydrogens is 276 g/mol. The normalized spacial score (nSPS) is 11.5. The van der Waals surface area contributed by atoms with Crippen LogP contribution in [-0.2, 0) is 6.54 Å². The number of benzene rings is 1. The van der Waals surface area contributed by atoms with Crippen LogP contribution in [0.5, 0.6) is 0 Å². The van der Waals surface area contributed by atoms with E-state index in [1.165, 1.54) is 5.56 Å². The molecule has 0 aliphatic carbocycles. The Kier molecular flexibility index (Phi) is 3.94. The smallest absolute Gasteiger partial charge is 0.133 e. The first-order valence-electron chi connectivity index (χ1n) is 5.34. The maximum Gasteiger partial charge on any atom is 0.133 e. The molecule has 1 aromatic heterocycles. The van der Waals surface area contributed by atoms with Gasteiger partial charge in [0, 0.05) is 16.9 Å². The highest BCUT2D eigenvalue weighted by atomic mass is 79.9. The Bertz CT molecular complexity index is 570. The lowest BCUT2D eigenvalue weighted by molar-refractivity contribution is 0.911. The Morgan fingerprint density at radius 2 is 2.00 bits per heavy atom. The summed E-state index contributed by atoms with van der Waals surface area (Å²) >= 11 is 3.44. The van der Waals surface area contributed by atoms with Crippen LogP contribution in [0.15, 0.2) is 64.7 Å². The van der Waals surface area contributed by atoms with Gasteiger partial charge in [0.2, 0.25) is 0 Å². The molecule has 86 valence electrons. The number of aromatic nitrogens is 1. The second kappa shape index (κ2) is 5.64. The van der Waals surface area contributed by atoms with Gasteiger partial charge in [0.05, 0.1) is 6.54 Å². The predicted octanol–water partition coefficient (Wildman–Crippen LogP) is 3.45. The number of hydrogen-bond acceptors (Lipinski definition) is 1. The summed E-state index contributed by atoms with van der Waals surface area (Å²) in [5.74, 6) is 0. The molecule has 0 saturated carbocycles. The van der Waals surface area contributed by atoms with E-state index in [9.17, 15) is 0 Å². The molecule has 0 fully saturated rings. The van der Waals surface area contributed by atoms with E-state index in [-0.39, 0.29) is 0 Å². The molecule has 0 aliphatic rings. The van der Waals surface area contributed by atoms with E-state index in [1.807, 2.05) is 41.1 Å². The zero-order valence-electron chi connectivity index (χ0n) is 9.38. The summed E-state index contributed by atoms with van der Waals surface area (Å²) in [6, 6.07) is 14.1. The van der Waals surface area contributed by atoms with Gasteiger partial charge < -0.3 is 4.57 Å². The molecule has 0 N–H and O–H groups in total. The van der Waals surface area contributed by atoms with Crippen molar-refractivity contribution in [3.8, 4) is 0 Å². The molecule has 0 spiro atoms. The third-order valence-electron chi connectivity index (χ3n) is 2.39. The summed E-state index contributed by atoms with van der Waals surface area (Å²) in [4.78, 5) is 4.57. The van der Waals surface area contributed by atoms with Crippen LogP contribution in [0.4, 0.5) is 0 Å². The van der Waals surface area contributed by atoms with E-state index in [0.29, 0.717) is 6.54 Å². The maximum absolute atomic E-state index is 4.57. The molecule has 0 radical (unpaired) electrons. The molecule has 17 heavy (non-hydrogen) atoms. The zero-order chi connectivity index (χ0) is 12.1. The highest BCUT2D eigenvalue weighted by Crippen LogP contribution is 2.04. The van der Waals surface area contributed by atoms with Crippen LogP contribution in [0.2, 0.25) is 0 Å². The topological polar surface area (TPSA) is 17.3 Å². The number of pyridine rings is 1. The third-order valence-corrected chi connectivity index (χ3v) is 2.88. The molecule has 0 atom stereocenters. The van der Waals surface area contributed by atoms with Gasteiger partial charge in [0.15, 0.2) is 0 Å². The van der Waals surface area contributed by atoms with Crippen LogP contribution in [-0.4, -0.2) is 4.57 Å². The van der Waals surface area contributed by atoms with Gasteiger partial charge in [0.25, 0.3) is 0 Å². The molecule has 2 aromatic rings. The Labute approximate surface area is 109 Å². The van der Waals surface area contributed by atoms with E-state index in [1.54, 1.807) is 6.20 Å². The molecule has 0 amide bonds. The van der Waals surface area contributed by atoms with Crippen molar-refractivity contribution in [2.24, 2.45) is 4.99 Å². The highest BCUT2D eigenvalue weighted by molar-refractivity contribution is 9.10. The van der Waals surface area contributed by atoms with Gasteiger partial charge in [-0.2, -0.15) is 0 Å². The fourth-order valence-electron chi connectivity index (χ4n) is 1.51. The van der Waals surface area contributed by atoms with E-state index in [4.69, 9.17) is 0 Å². The van der Waals surface area contributed by atoms with E-state index in [2.05, 4.69) is 39.6 Å². The van der Waals surface area contributed by atoms with Crippen LogP contribution in [0.3, 0.4) is 0 Å². The number of rotatable bonds is 3. The second-order valence-electron chi connectivity index (χ2n) is 3.59. The fraction of sp³-hybridized carbons (Fsp3) is 0.0714. The standard InChI is InChI=1S/C14H13BrN2/c1-2-17-9-8-13(15)10-14(17)16-11-12-6-4-3-5-7-12/h2-10H,1,11H2. The van der Waals surface area contributed by atoms with Crippen molar-refractivity contribution in [1.29, 1.82) is 0 Å². The lowest BCUT2D eigenvalue weighted by Crippen LogP contribution is -2.15. The minimum Gasteiger partial charge on any atom is -0.309 e. The summed E-state index contributed by atoms with van der Waals surface area (Å²) in [6.07, 6.45) is 3.68. The zero-order valence-corrected chi connectivity index (χ0v) is 11.0. The number of hydrogen-bond donors (Lipinski definition) is 0. The Balaban J connectivity index is 2.33. The van der Waals surface area contributed by atoms with Crippen LogP contribution in [0.25, 0.3) is 6.20 Å². The van der Waals surface area contributed by atoms with E-state index < -0.39 is 0 Å². The Morgan fingerprint density at radius 1 is 1.24 bits per heavy atom. The minimum atomic E-state index is 0.672. The van der Waals surface area contributed by atoms with Crippen LogP contribution < -0.4 is 5.49 Å². The van der Waals surface area contributed by atoms with Crippen molar-refractivity contribution in [1.82, 2.24) is 4.57 Å². The average Bonchev–Trinajstić information content (AvgIpc) is 2.38. The molecule has 0 saturated heterocycles. The molecule has 2 rings (SSSR count). The first kappa shape index (κ1) is 11.9. The summed E-state index contributed by atoms with van der Waals surface area (Å²) in [5, 5.41) is 0. The lowest BCUT2D eigenvalue weighted by atomic mass is 10.2. The summed E-state index contributed by atoms with van der Waals surface area (Å²) in [5.41, 5.74) is 2.08. The first-order valence-corrected chi connectivity index (χ1v) is 6.13. The predicted molar refractivity (Wildman–Crippen MR) is 74.2 cm³/mol. The molecule has 0 aliphatic heterocycles. The van der Waals surface area contributed by atoms with Gasteiger partial charge in [-0.15, -0.1) is 0 Å². The van der Waals surface area contributed by atoms with Gasteiger partial charge >= 0.3 is 0 Å². The molecule has 1 heterocycles. The summed E-state index contributed by atoms with van der Waals surface area (Å²) in [6.45, 7) is 4.44. The highest BCUT2D eigenvalue weighted by Gasteiger charge is 1.92. The SMILES string of the molecule is C=Cn1ccc(Br)cc1=NCc1ccccc1. The van der Waals surface area contributed by atoms with Gasteiger partial charge in [-0.3, -0.25) is 4.99 Å². The van der Waals surface area contributed by atoms with Gasteiger partial charge in [-0.1, -0.05) is 52.8 Å². The van der Waals surface area contributed by atoms with Crippen molar-refractivity contribution in [3.05, 3.63) is 70.8 Å². The molecular formula is C14H13BrN2. The summed E-state index contributed by atoms with van der Waals surface area (Å²) in [7, 11) is 0. The molecule has 0 unspecified atom stereocenters. The monoisotopic (exact) mass is 288 g/mol. The molecule has 3 heteroatoms. The van der Waals surface area contributed by atoms with Crippen molar-refractivity contribution < 1.29 is 0 Å².